The lowest BCUT2D eigenvalue weighted by Crippen LogP contribution is -2.59. The smallest absolute Gasteiger partial charge is 0.407 e. The second kappa shape index (κ2) is 18.2. The zero-order valence-electron chi connectivity index (χ0n) is 27.1. The number of nitrogens with one attached hydrogen (secondary N) is 2. The molecular formula is C31H53N5O6S. The van der Waals surface area contributed by atoms with Gasteiger partial charge in [0, 0.05) is 31.4 Å². The molecule has 0 spiro atoms. The molecule has 0 unspecified atom stereocenters. The van der Waals surface area contributed by atoms with Crippen LogP contribution in [-0.4, -0.2) is 89.1 Å². The van der Waals surface area contributed by atoms with Crippen molar-refractivity contribution in [2.24, 2.45) is 11.8 Å². The molecule has 12 heteroatoms. The first-order valence-corrected chi connectivity index (χ1v) is 16.7. The molecule has 3 N–H and O–H groups in total. The molecule has 0 aromatic carbocycles. The number of ether oxygens (including phenoxy) is 1. The van der Waals surface area contributed by atoms with Crippen molar-refractivity contribution in [3.8, 4) is 0 Å². The Balaban J connectivity index is 2.45. The second-order valence-corrected chi connectivity index (χ2v) is 12.9. The van der Waals surface area contributed by atoms with Crippen molar-refractivity contribution >= 4 is 35.2 Å². The number of piperidine rings is 1. The van der Waals surface area contributed by atoms with Crippen LogP contribution in [0.15, 0.2) is 5.38 Å². The van der Waals surface area contributed by atoms with E-state index in [1.54, 1.807) is 0 Å². The molecule has 5 atom stereocenters. The van der Waals surface area contributed by atoms with Gasteiger partial charge in [-0.1, -0.05) is 66.7 Å². The molecule has 2 heterocycles. The lowest BCUT2D eigenvalue weighted by molar-refractivity contribution is -0.142. The molecule has 244 valence electrons. The molecule has 1 aliphatic heterocycles. The van der Waals surface area contributed by atoms with Crippen molar-refractivity contribution in [1.29, 1.82) is 0 Å². The summed E-state index contributed by atoms with van der Waals surface area (Å²) in [6, 6.07) is -1.32. The number of rotatable bonds is 17. The van der Waals surface area contributed by atoms with Crippen molar-refractivity contribution < 1.29 is 29.0 Å². The fourth-order valence-electron chi connectivity index (χ4n) is 5.57. The van der Waals surface area contributed by atoms with Gasteiger partial charge in [0.2, 0.25) is 11.8 Å². The molecular weight excluding hydrogens is 570 g/mol. The highest BCUT2D eigenvalue weighted by Crippen LogP contribution is 2.32. The minimum Gasteiger partial charge on any atom is -0.476 e. The molecule has 3 amide bonds. The average molecular weight is 624 g/mol. The number of amides is 3. The number of carboxylic acid groups (broad SMARTS) is 1. The highest BCUT2D eigenvalue weighted by atomic mass is 32.1. The number of hydrogen-bond donors (Lipinski definition) is 3. The Morgan fingerprint density at radius 1 is 1.16 bits per heavy atom. The van der Waals surface area contributed by atoms with E-state index in [2.05, 4.69) is 27.4 Å². The number of thiazole rings is 1. The summed E-state index contributed by atoms with van der Waals surface area (Å²) in [4.78, 5) is 60.1. The van der Waals surface area contributed by atoms with Gasteiger partial charge in [0.05, 0.1) is 6.04 Å². The molecule has 1 aromatic heterocycles. The van der Waals surface area contributed by atoms with E-state index in [0.29, 0.717) is 18.0 Å². The van der Waals surface area contributed by atoms with E-state index in [-0.39, 0.29) is 47.8 Å². The van der Waals surface area contributed by atoms with Crippen molar-refractivity contribution in [3.05, 3.63) is 16.1 Å². The van der Waals surface area contributed by atoms with E-state index in [0.717, 1.165) is 62.8 Å². The first-order valence-electron chi connectivity index (χ1n) is 15.8. The molecule has 1 fully saturated rings. The zero-order chi connectivity index (χ0) is 32.1. The van der Waals surface area contributed by atoms with Crippen LogP contribution in [0.5, 0.6) is 0 Å². The van der Waals surface area contributed by atoms with Crippen LogP contribution in [0.1, 0.15) is 114 Å². The number of aromatic nitrogens is 1. The van der Waals surface area contributed by atoms with Gasteiger partial charge in [0.25, 0.3) is 0 Å². The van der Waals surface area contributed by atoms with Gasteiger partial charge in [-0.2, -0.15) is 0 Å². The fraction of sp³-hybridized carbons (Fsp3) is 0.774. The number of carbonyl (C=O) groups excluding carboxylic acids is 3. The molecule has 0 aliphatic carbocycles. The summed E-state index contributed by atoms with van der Waals surface area (Å²) < 4.78 is 5.71. The number of hydrogen-bond acceptors (Lipinski definition) is 8. The number of carbonyl (C=O) groups is 4. The summed E-state index contributed by atoms with van der Waals surface area (Å²) in [5, 5.41) is 16.8. The summed E-state index contributed by atoms with van der Waals surface area (Å²) in [5.74, 6) is -1.53. The van der Waals surface area contributed by atoms with Crippen LogP contribution in [0.25, 0.3) is 0 Å². The highest BCUT2D eigenvalue weighted by molar-refractivity contribution is 7.09. The van der Waals surface area contributed by atoms with Gasteiger partial charge in [-0.3, -0.25) is 14.5 Å². The monoisotopic (exact) mass is 623 g/mol. The maximum Gasteiger partial charge on any atom is 0.407 e. The summed E-state index contributed by atoms with van der Waals surface area (Å²) in [7, 11) is 3.41. The third kappa shape index (κ3) is 10.7. The lowest BCUT2D eigenvalue weighted by Gasteiger charge is -2.40. The van der Waals surface area contributed by atoms with Crippen LogP contribution in [0, 0.1) is 11.8 Å². The van der Waals surface area contributed by atoms with Crippen LogP contribution in [0.3, 0.4) is 0 Å². The van der Waals surface area contributed by atoms with Crippen molar-refractivity contribution in [1.82, 2.24) is 25.4 Å². The van der Waals surface area contributed by atoms with Gasteiger partial charge in [0.15, 0.2) is 11.8 Å². The van der Waals surface area contributed by atoms with Crippen LogP contribution >= 0.6 is 11.3 Å². The van der Waals surface area contributed by atoms with Crippen molar-refractivity contribution in [3.63, 3.8) is 0 Å². The lowest BCUT2D eigenvalue weighted by atomic mass is 9.91. The summed E-state index contributed by atoms with van der Waals surface area (Å²) in [6.07, 6.45) is 6.11. The number of likely N-dealkylation sites (tertiary alicyclic amines) is 1. The SMILES string of the molecule is CCCCCCN(C(=O)[C@@H](NC(=O)[C@H]1CCCCN1C)[C@@H](C)CC)[C@H](C[C@@H](OC(=O)NC)c1nc(C(=O)O)cs1)C(C)C. The van der Waals surface area contributed by atoms with E-state index in [1.165, 1.54) is 12.4 Å². The third-order valence-corrected chi connectivity index (χ3v) is 9.42. The van der Waals surface area contributed by atoms with Gasteiger partial charge in [-0.05, 0) is 44.7 Å². The van der Waals surface area contributed by atoms with E-state index in [9.17, 15) is 24.3 Å². The molecule has 1 saturated heterocycles. The second-order valence-electron chi connectivity index (χ2n) is 12.0. The van der Waals surface area contributed by atoms with Crippen molar-refractivity contribution in [2.45, 2.75) is 117 Å². The Bertz CT molecular complexity index is 1050. The largest absolute Gasteiger partial charge is 0.476 e. The molecule has 1 aromatic rings. The topological polar surface area (TPSA) is 141 Å². The molecule has 43 heavy (non-hydrogen) atoms. The highest BCUT2D eigenvalue weighted by Gasteiger charge is 2.38. The summed E-state index contributed by atoms with van der Waals surface area (Å²) in [6.45, 7) is 11.5. The molecule has 0 bridgehead atoms. The Labute approximate surface area is 261 Å². The Morgan fingerprint density at radius 3 is 2.44 bits per heavy atom. The van der Waals surface area contributed by atoms with Crippen molar-refractivity contribution in [2.75, 3.05) is 27.2 Å². The predicted octanol–water partition coefficient (Wildman–Crippen LogP) is 5.08. The van der Waals surface area contributed by atoms with Crippen LogP contribution in [-0.2, 0) is 14.3 Å². The third-order valence-electron chi connectivity index (χ3n) is 8.48. The Kier molecular flexibility index (Phi) is 15.4. The van der Waals surface area contributed by atoms with Gasteiger partial charge < -0.3 is 25.4 Å². The molecule has 11 nitrogen and oxygen atoms in total. The normalized spacial score (nSPS) is 18.4. The predicted molar refractivity (Wildman–Crippen MR) is 168 cm³/mol. The quantitative estimate of drug-likeness (QED) is 0.204. The van der Waals surface area contributed by atoms with Gasteiger partial charge in [-0.25, -0.2) is 14.6 Å². The fourth-order valence-corrected chi connectivity index (χ4v) is 6.40. The van der Waals surface area contributed by atoms with Gasteiger partial charge in [-0.15, -0.1) is 11.3 Å². The van der Waals surface area contributed by atoms with Crippen LogP contribution in [0.4, 0.5) is 4.79 Å². The number of unbranched alkanes of at least 4 members (excludes halogenated alkanes) is 3. The van der Waals surface area contributed by atoms with E-state index < -0.39 is 24.2 Å². The Hall–Kier alpha value is -2.73. The number of likely N-dealkylation sites (N-methyl/N-ethyl adjacent to an activating group) is 1. The maximum absolute atomic E-state index is 14.5. The average Bonchev–Trinajstić information content (AvgIpc) is 3.48. The van der Waals surface area contributed by atoms with E-state index in [1.807, 2.05) is 39.6 Å². The standard InChI is InChI=1S/C31H53N5O6S/c1-8-10-11-13-17-36(29(38)26(21(5)9-2)34-27(37)23-15-12-14-16-35(23)7)24(20(3)4)18-25(42-31(41)32-6)28-33-22(19-43-28)30(39)40/h19-21,23-26H,8-18H2,1-7H3,(H,32,41)(H,34,37)(H,39,40)/t21-,23+,24+,25+,26-/m0/s1. The number of nitrogens with zero attached hydrogens (tertiary/aromatic N) is 3. The van der Waals surface area contributed by atoms with Crippen LogP contribution < -0.4 is 10.6 Å². The van der Waals surface area contributed by atoms with Gasteiger partial charge >= 0.3 is 12.1 Å². The Morgan fingerprint density at radius 2 is 1.88 bits per heavy atom. The first kappa shape index (κ1) is 36.5. The van der Waals surface area contributed by atoms with Crippen LogP contribution in [0.2, 0.25) is 0 Å². The van der Waals surface area contributed by atoms with E-state index in [4.69, 9.17) is 4.74 Å². The molecule has 1 aliphatic rings. The first-order chi connectivity index (χ1) is 20.4. The minimum atomic E-state index is -1.16. The summed E-state index contributed by atoms with van der Waals surface area (Å²) >= 11 is 1.11. The number of carboxylic acids is 1. The number of alkyl carbamates (subject to hydrolysis) is 1. The maximum atomic E-state index is 14.5. The minimum absolute atomic E-state index is 0.0254. The van der Waals surface area contributed by atoms with Gasteiger partial charge in [0.1, 0.15) is 11.0 Å². The van der Waals surface area contributed by atoms with E-state index >= 15 is 0 Å². The molecule has 0 saturated carbocycles. The number of aromatic carboxylic acids is 1. The molecule has 2 rings (SSSR count). The molecule has 0 radical (unpaired) electrons. The summed E-state index contributed by atoms with van der Waals surface area (Å²) in [5.41, 5.74) is -0.119. The zero-order valence-corrected chi connectivity index (χ0v) is 27.9.